The van der Waals surface area contributed by atoms with E-state index in [9.17, 15) is 19.2 Å². The molecule has 2 saturated heterocycles. The molecule has 2 aliphatic rings. The lowest BCUT2D eigenvalue weighted by Gasteiger charge is -2.18. The third-order valence-electron chi connectivity index (χ3n) is 5.48. The van der Waals surface area contributed by atoms with E-state index < -0.39 is 11.1 Å². The zero-order chi connectivity index (χ0) is 24.1. The Morgan fingerprint density at radius 2 is 1.82 bits per heavy atom. The lowest BCUT2D eigenvalue weighted by molar-refractivity contribution is -0.135. The lowest BCUT2D eigenvalue weighted by atomic mass is 10.2. The van der Waals surface area contributed by atoms with Crippen molar-refractivity contribution in [2.45, 2.75) is 19.8 Å². The fraction of sp³-hybridized carbons (Fsp3) is 0.280. The van der Waals surface area contributed by atoms with Gasteiger partial charge in [-0.2, -0.15) is 0 Å². The van der Waals surface area contributed by atoms with Gasteiger partial charge in [0.05, 0.1) is 4.91 Å². The van der Waals surface area contributed by atoms with Crippen LogP contribution >= 0.6 is 11.8 Å². The Labute approximate surface area is 201 Å². The van der Waals surface area contributed by atoms with Crippen LogP contribution in [0.1, 0.15) is 24.0 Å². The number of thioether (sulfide) groups is 1. The van der Waals surface area contributed by atoms with Crippen LogP contribution in [0.3, 0.4) is 0 Å². The number of imide groups is 1. The van der Waals surface area contributed by atoms with Crippen LogP contribution in [0.15, 0.2) is 53.4 Å². The van der Waals surface area contributed by atoms with Gasteiger partial charge in [-0.25, -0.2) is 0 Å². The van der Waals surface area contributed by atoms with Gasteiger partial charge in [0.1, 0.15) is 12.3 Å². The topological polar surface area (TPSA) is 96.0 Å². The predicted molar refractivity (Wildman–Crippen MR) is 130 cm³/mol. The van der Waals surface area contributed by atoms with Crippen LogP contribution in [0, 0.1) is 6.92 Å². The third-order valence-corrected chi connectivity index (χ3v) is 6.38. The standard InChI is InChI=1S/C25H25N3O5S/c1-17-5-4-6-19(13-17)26-22(29)16-33-20-9-7-18(8-10-20)14-21-24(31)28(25(32)34-21)15-23(30)27-11-2-3-12-27/h4-10,13-14H,2-3,11-12,15-16H2,1H3,(H,26,29)/b21-14+. The SMILES string of the molecule is Cc1cccc(NC(=O)COc2ccc(/C=C3/SC(=O)N(CC(=O)N4CCCC4)C3=O)cc2)c1. The summed E-state index contributed by atoms with van der Waals surface area (Å²) < 4.78 is 5.53. The molecule has 1 N–H and O–H groups in total. The number of nitrogens with one attached hydrogen (secondary N) is 1. The number of carbonyl (C=O) groups excluding carboxylic acids is 4. The van der Waals surface area contributed by atoms with Crippen LogP contribution in [0.25, 0.3) is 6.08 Å². The van der Waals surface area contributed by atoms with Gasteiger partial charge in [0.2, 0.25) is 5.91 Å². The highest BCUT2D eigenvalue weighted by atomic mass is 32.2. The third kappa shape index (κ3) is 5.85. The van der Waals surface area contributed by atoms with E-state index >= 15 is 0 Å². The normalized spacial score (nSPS) is 16.9. The second-order valence-corrected chi connectivity index (χ2v) is 9.12. The van der Waals surface area contributed by atoms with E-state index in [1.54, 1.807) is 35.2 Å². The lowest BCUT2D eigenvalue weighted by Crippen LogP contribution is -2.40. The van der Waals surface area contributed by atoms with Gasteiger partial charge in [-0.1, -0.05) is 24.3 Å². The van der Waals surface area contributed by atoms with Crippen LogP contribution in [-0.4, -0.2) is 59.0 Å². The van der Waals surface area contributed by atoms with E-state index in [0.717, 1.165) is 35.1 Å². The number of ether oxygens (including phenoxy) is 1. The van der Waals surface area contributed by atoms with Gasteiger partial charge < -0.3 is 15.0 Å². The summed E-state index contributed by atoms with van der Waals surface area (Å²) in [4.78, 5) is 52.3. The van der Waals surface area contributed by atoms with Crippen LogP contribution in [-0.2, 0) is 14.4 Å². The predicted octanol–water partition coefficient (Wildman–Crippen LogP) is 3.67. The first-order valence-corrected chi connectivity index (χ1v) is 11.8. The van der Waals surface area contributed by atoms with Crippen molar-refractivity contribution >= 4 is 46.5 Å². The van der Waals surface area contributed by atoms with Crippen LogP contribution in [0.5, 0.6) is 5.75 Å². The molecule has 0 radical (unpaired) electrons. The molecule has 8 nitrogen and oxygen atoms in total. The van der Waals surface area contributed by atoms with Gasteiger partial charge in [0.15, 0.2) is 6.61 Å². The maximum atomic E-state index is 12.7. The van der Waals surface area contributed by atoms with Crippen molar-refractivity contribution in [2.24, 2.45) is 0 Å². The van der Waals surface area contributed by atoms with Crippen molar-refractivity contribution in [1.82, 2.24) is 9.80 Å². The smallest absolute Gasteiger partial charge is 0.294 e. The Morgan fingerprint density at radius 3 is 2.53 bits per heavy atom. The Kier molecular flexibility index (Phi) is 7.32. The van der Waals surface area contributed by atoms with Gasteiger partial charge in [-0.05, 0) is 73.0 Å². The summed E-state index contributed by atoms with van der Waals surface area (Å²) in [5, 5.41) is 2.34. The average molecular weight is 480 g/mol. The highest BCUT2D eigenvalue weighted by molar-refractivity contribution is 8.18. The summed E-state index contributed by atoms with van der Waals surface area (Å²) in [5.41, 5.74) is 2.46. The molecule has 0 aromatic heterocycles. The highest BCUT2D eigenvalue weighted by Crippen LogP contribution is 2.32. The number of aryl methyl sites for hydroxylation is 1. The maximum absolute atomic E-state index is 12.7. The van der Waals surface area contributed by atoms with Gasteiger partial charge in [-0.15, -0.1) is 0 Å². The van der Waals surface area contributed by atoms with Crippen LogP contribution in [0.4, 0.5) is 10.5 Å². The number of anilines is 1. The molecule has 4 rings (SSSR count). The molecule has 0 saturated carbocycles. The minimum Gasteiger partial charge on any atom is -0.484 e. The number of nitrogens with zero attached hydrogens (tertiary/aromatic N) is 2. The minimum absolute atomic E-state index is 0.142. The van der Waals surface area contributed by atoms with Crippen molar-refractivity contribution in [3.8, 4) is 5.75 Å². The molecule has 2 aromatic rings. The molecule has 0 unspecified atom stereocenters. The molecule has 34 heavy (non-hydrogen) atoms. The zero-order valence-electron chi connectivity index (χ0n) is 18.8. The van der Waals surface area contributed by atoms with Crippen LogP contribution in [0.2, 0.25) is 0 Å². The van der Waals surface area contributed by atoms with Crippen LogP contribution < -0.4 is 10.1 Å². The molecule has 0 atom stereocenters. The van der Waals surface area contributed by atoms with Crippen molar-refractivity contribution in [3.63, 3.8) is 0 Å². The van der Waals surface area contributed by atoms with E-state index in [4.69, 9.17) is 4.74 Å². The summed E-state index contributed by atoms with van der Waals surface area (Å²) in [6.07, 6.45) is 3.51. The van der Waals surface area contributed by atoms with E-state index in [2.05, 4.69) is 5.32 Å². The second-order valence-electron chi connectivity index (χ2n) is 8.13. The fourth-order valence-electron chi connectivity index (χ4n) is 3.72. The van der Waals surface area contributed by atoms with E-state index in [-0.39, 0.29) is 29.9 Å². The van der Waals surface area contributed by atoms with Crippen molar-refractivity contribution in [3.05, 3.63) is 64.6 Å². The first-order valence-electron chi connectivity index (χ1n) is 11.0. The Balaban J connectivity index is 1.31. The van der Waals surface area contributed by atoms with Crippen molar-refractivity contribution in [1.29, 1.82) is 0 Å². The van der Waals surface area contributed by atoms with Gasteiger partial charge in [0.25, 0.3) is 17.1 Å². The largest absolute Gasteiger partial charge is 0.484 e. The summed E-state index contributed by atoms with van der Waals surface area (Å²) in [7, 11) is 0. The number of carbonyl (C=O) groups is 4. The molecule has 2 heterocycles. The number of benzene rings is 2. The van der Waals surface area contributed by atoms with E-state index in [1.807, 2.05) is 31.2 Å². The highest BCUT2D eigenvalue weighted by Gasteiger charge is 2.37. The Morgan fingerprint density at radius 1 is 1.09 bits per heavy atom. The number of hydrogen-bond donors (Lipinski definition) is 1. The zero-order valence-corrected chi connectivity index (χ0v) is 19.6. The number of likely N-dealkylation sites (tertiary alicyclic amines) is 1. The molecule has 0 aliphatic carbocycles. The molecule has 2 aliphatic heterocycles. The molecule has 0 spiro atoms. The molecule has 176 valence electrons. The Bertz CT molecular complexity index is 1140. The number of amides is 4. The number of hydrogen-bond acceptors (Lipinski definition) is 6. The molecule has 0 bridgehead atoms. The average Bonchev–Trinajstić information content (AvgIpc) is 3.44. The minimum atomic E-state index is -0.462. The molecule has 2 fully saturated rings. The monoisotopic (exact) mass is 479 g/mol. The fourth-order valence-corrected chi connectivity index (χ4v) is 4.56. The summed E-state index contributed by atoms with van der Waals surface area (Å²) in [6, 6.07) is 14.3. The molecule has 9 heteroatoms. The van der Waals surface area contributed by atoms with Gasteiger partial charge in [0, 0.05) is 18.8 Å². The van der Waals surface area contributed by atoms with Crippen molar-refractivity contribution < 1.29 is 23.9 Å². The molecular weight excluding hydrogens is 454 g/mol. The maximum Gasteiger partial charge on any atom is 0.294 e. The first-order chi connectivity index (χ1) is 16.4. The number of rotatable bonds is 7. The molecular formula is C25H25N3O5S. The quantitative estimate of drug-likeness (QED) is 0.609. The molecule has 4 amide bonds. The van der Waals surface area contributed by atoms with Gasteiger partial charge in [-0.3, -0.25) is 24.1 Å². The first kappa shape index (κ1) is 23.6. The Hall–Kier alpha value is -3.59. The second kappa shape index (κ2) is 10.6. The van der Waals surface area contributed by atoms with Crippen molar-refractivity contribution in [2.75, 3.05) is 31.6 Å². The van der Waals surface area contributed by atoms with E-state index in [0.29, 0.717) is 30.1 Å². The summed E-state index contributed by atoms with van der Waals surface area (Å²) in [6.45, 7) is 2.93. The molecule has 2 aromatic carbocycles. The van der Waals surface area contributed by atoms with E-state index in [1.165, 1.54) is 0 Å². The van der Waals surface area contributed by atoms with Gasteiger partial charge >= 0.3 is 0 Å². The summed E-state index contributed by atoms with van der Waals surface area (Å²) >= 11 is 0.825. The summed E-state index contributed by atoms with van der Waals surface area (Å²) in [5.74, 6) is -0.433.